The standard InChI is InChI=1S/C28H34N2O2S2/c1-2-21-13-15-22(16-14-21)19-26-28(32)30(24-11-6-7-12-25(24)34-26)20-27(31)29-17-8-18-33-23-9-4-3-5-10-23/h6-7,11-16,19,23H,2-5,8-10,17-18,20H2,1H3,(H,29,31). The lowest BCUT2D eigenvalue weighted by Gasteiger charge is -2.29. The number of fused-ring (bicyclic) bond motifs is 1. The van der Waals surface area contributed by atoms with Gasteiger partial charge in [0.05, 0.1) is 10.6 Å². The van der Waals surface area contributed by atoms with Crippen LogP contribution < -0.4 is 10.2 Å². The van der Waals surface area contributed by atoms with Gasteiger partial charge in [-0.25, -0.2) is 0 Å². The second kappa shape index (κ2) is 12.5. The van der Waals surface area contributed by atoms with E-state index >= 15 is 0 Å². The third-order valence-corrected chi connectivity index (χ3v) is 8.91. The predicted molar refractivity (Wildman–Crippen MR) is 145 cm³/mol. The topological polar surface area (TPSA) is 49.4 Å². The fourth-order valence-corrected chi connectivity index (χ4v) is 6.77. The van der Waals surface area contributed by atoms with Gasteiger partial charge in [-0.3, -0.25) is 14.5 Å². The molecule has 1 heterocycles. The zero-order chi connectivity index (χ0) is 23.8. The van der Waals surface area contributed by atoms with Crippen molar-refractivity contribution in [3.63, 3.8) is 0 Å². The molecule has 2 amide bonds. The van der Waals surface area contributed by atoms with Crippen LogP contribution in [0.3, 0.4) is 0 Å². The zero-order valence-corrected chi connectivity index (χ0v) is 21.6. The van der Waals surface area contributed by atoms with Crippen LogP contribution in [-0.4, -0.2) is 35.9 Å². The average molecular weight is 495 g/mol. The second-order valence-corrected chi connectivity index (χ2v) is 11.4. The number of nitrogens with zero attached hydrogens (tertiary/aromatic N) is 1. The summed E-state index contributed by atoms with van der Waals surface area (Å²) in [6.07, 6.45) is 10.7. The molecule has 0 radical (unpaired) electrons. The maximum atomic E-state index is 13.4. The zero-order valence-electron chi connectivity index (χ0n) is 19.9. The van der Waals surface area contributed by atoms with Gasteiger partial charge < -0.3 is 5.32 Å². The summed E-state index contributed by atoms with van der Waals surface area (Å²) in [6.45, 7) is 2.82. The van der Waals surface area contributed by atoms with E-state index in [0.717, 1.165) is 40.0 Å². The monoisotopic (exact) mass is 494 g/mol. The van der Waals surface area contributed by atoms with E-state index in [1.807, 2.05) is 42.5 Å². The van der Waals surface area contributed by atoms with Crippen molar-refractivity contribution in [1.82, 2.24) is 5.32 Å². The summed E-state index contributed by atoms with van der Waals surface area (Å²) >= 11 is 3.53. The molecule has 0 spiro atoms. The SMILES string of the molecule is CCc1ccc(C=C2Sc3ccccc3N(CC(=O)NCCCSC3CCCCC3)C2=O)cc1. The molecule has 0 aromatic heterocycles. The van der Waals surface area contributed by atoms with Crippen LogP contribution >= 0.6 is 23.5 Å². The minimum atomic E-state index is -0.119. The Morgan fingerprint density at radius 2 is 1.88 bits per heavy atom. The van der Waals surface area contributed by atoms with E-state index in [9.17, 15) is 9.59 Å². The molecule has 0 bridgehead atoms. The van der Waals surface area contributed by atoms with Gasteiger partial charge in [0, 0.05) is 16.7 Å². The second-order valence-electron chi connectivity index (χ2n) is 8.90. The number of amides is 2. The maximum absolute atomic E-state index is 13.4. The first-order valence-electron chi connectivity index (χ1n) is 12.4. The van der Waals surface area contributed by atoms with Crippen LogP contribution in [0.15, 0.2) is 58.3 Å². The Balaban J connectivity index is 1.36. The van der Waals surface area contributed by atoms with Gasteiger partial charge in [0.1, 0.15) is 6.54 Å². The number of nitrogens with one attached hydrogen (secondary N) is 1. The molecule has 2 aromatic carbocycles. The van der Waals surface area contributed by atoms with Crippen LogP contribution in [0.1, 0.15) is 56.6 Å². The van der Waals surface area contributed by atoms with Gasteiger partial charge in [0.15, 0.2) is 0 Å². The number of hydrogen-bond donors (Lipinski definition) is 1. The molecule has 6 heteroatoms. The summed E-state index contributed by atoms with van der Waals surface area (Å²) in [7, 11) is 0. The summed E-state index contributed by atoms with van der Waals surface area (Å²) < 4.78 is 0. The number of para-hydroxylation sites is 1. The number of carbonyl (C=O) groups excluding carboxylic acids is 2. The number of aryl methyl sites for hydroxylation is 1. The first kappa shape index (κ1) is 24.9. The van der Waals surface area contributed by atoms with Crippen LogP contribution in [0, 0.1) is 0 Å². The van der Waals surface area contributed by atoms with E-state index < -0.39 is 0 Å². The molecule has 4 nitrogen and oxygen atoms in total. The first-order valence-corrected chi connectivity index (χ1v) is 14.3. The van der Waals surface area contributed by atoms with Crippen molar-refractivity contribution in [2.24, 2.45) is 0 Å². The van der Waals surface area contributed by atoms with Gasteiger partial charge in [-0.15, -0.1) is 0 Å². The van der Waals surface area contributed by atoms with Crippen LogP contribution in [0.2, 0.25) is 0 Å². The lowest BCUT2D eigenvalue weighted by Crippen LogP contribution is -2.43. The molecule has 1 aliphatic carbocycles. The van der Waals surface area contributed by atoms with Crippen molar-refractivity contribution in [3.8, 4) is 0 Å². The van der Waals surface area contributed by atoms with Gasteiger partial charge in [0.25, 0.3) is 5.91 Å². The highest BCUT2D eigenvalue weighted by Gasteiger charge is 2.30. The molecule has 180 valence electrons. The molecule has 0 unspecified atom stereocenters. The predicted octanol–water partition coefficient (Wildman–Crippen LogP) is 6.30. The molecular weight excluding hydrogens is 460 g/mol. The average Bonchev–Trinajstić information content (AvgIpc) is 2.87. The fourth-order valence-electron chi connectivity index (χ4n) is 4.40. The summed E-state index contributed by atoms with van der Waals surface area (Å²) in [5.41, 5.74) is 3.07. The van der Waals surface area contributed by atoms with Gasteiger partial charge in [-0.05, 0) is 60.8 Å². The molecule has 2 aromatic rings. The van der Waals surface area contributed by atoms with Gasteiger partial charge >= 0.3 is 0 Å². The van der Waals surface area contributed by atoms with Crippen molar-refractivity contribution >= 4 is 47.1 Å². The van der Waals surface area contributed by atoms with E-state index in [4.69, 9.17) is 0 Å². The van der Waals surface area contributed by atoms with Crippen LogP contribution in [0.5, 0.6) is 0 Å². The van der Waals surface area contributed by atoms with E-state index in [0.29, 0.717) is 11.4 Å². The molecule has 1 N–H and O–H groups in total. The van der Waals surface area contributed by atoms with Crippen molar-refractivity contribution in [2.75, 3.05) is 23.7 Å². The summed E-state index contributed by atoms with van der Waals surface area (Å²) in [4.78, 5) is 29.3. The minimum absolute atomic E-state index is 0.0400. The van der Waals surface area contributed by atoms with Crippen molar-refractivity contribution < 1.29 is 9.59 Å². The van der Waals surface area contributed by atoms with Crippen molar-refractivity contribution in [3.05, 3.63) is 64.6 Å². The lowest BCUT2D eigenvalue weighted by molar-refractivity contribution is -0.122. The molecule has 0 saturated heterocycles. The normalized spacial score (nSPS) is 17.6. The van der Waals surface area contributed by atoms with E-state index in [-0.39, 0.29) is 18.4 Å². The molecule has 1 saturated carbocycles. The first-order chi connectivity index (χ1) is 16.6. The number of rotatable bonds is 9. The van der Waals surface area contributed by atoms with Gasteiger partial charge in [-0.1, -0.05) is 74.3 Å². The Hall–Kier alpha value is -2.18. The Morgan fingerprint density at radius 3 is 2.65 bits per heavy atom. The Kier molecular flexibility index (Phi) is 9.17. The summed E-state index contributed by atoms with van der Waals surface area (Å²) in [5, 5.41) is 3.82. The maximum Gasteiger partial charge on any atom is 0.265 e. The molecule has 0 atom stereocenters. The summed E-state index contributed by atoms with van der Waals surface area (Å²) in [5.74, 6) is 0.854. The number of benzene rings is 2. The highest BCUT2D eigenvalue weighted by molar-refractivity contribution is 8.04. The molecule has 2 aliphatic rings. The number of thioether (sulfide) groups is 2. The number of hydrogen-bond acceptors (Lipinski definition) is 4. The van der Waals surface area contributed by atoms with E-state index in [1.165, 1.54) is 49.4 Å². The smallest absolute Gasteiger partial charge is 0.265 e. The van der Waals surface area contributed by atoms with E-state index in [1.54, 1.807) is 4.90 Å². The van der Waals surface area contributed by atoms with Gasteiger partial charge in [0.2, 0.25) is 5.91 Å². The third-order valence-electron chi connectivity index (χ3n) is 6.37. The molecule has 1 aliphatic heterocycles. The lowest BCUT2D eigenvalue weighted by atomic mass is 10.0. The largest absolute Gasteiger partial charge is 0.355 e. The third kappa shape index (κ3) is 6.70. The van der Waals surface area contributed by atoms with Crippen LogP contribution in [-0.2, 0) is 16.0 Å². The van der Waals surface area contributed by atoms with Crippen LogP contribution in [0.4, 0.5) is 5.69 Å². The number of anilines is 1. The molecule has 4 rings (SSSR count). The fraction of sp³-hybridized carbons (Fsp3) is 0.429. The van der Waals surface area contributed by atoms with Crippen LogP contribution in [0.25, 0.3) is 6.08 Å². The Bertz CT molecular complexity index is 1010. The Labute approximate surface area is 212 Å². The minimum Gasteiger partial charge on any atom is -0.355 e. The highest BCUT2D eigenvalue weighted by atomic mass is 32.2. The summed E-state index contributed by atoms with van der Waals surface area (Å²) in [6, 6.07) is 16.1. The van der Waals surface area contributed by atoms with E-state index in [2.05, 4.69) is 36.1 Å². The molecule has 34 heavy (non-hydrogen) atoms. The van der Waals surface area contributed by atoms with Gasteiger partial charge in [-0.2, -0.15) is 11.8 Å². The highest BCUT2D eigenvalue weighted by Crippen LogP contribution is 2.41. The Morgan fingerprint density at radius 1 is 1.12 bits per heavy atom. The quantitative estimate of drug-likeness (QED) is 0.328. The molecule has 1 fully saturated rings. The van der Waals surface area contributed by atoms with Crippen molar-refractivity contribution in [2.45, 2.75) is 62.0 Å². The van der Waals surface area contributed by atoms with Crippen molar-refractivity contribution in [1.29, 1.82) is 0 Å². The molecular formula is C28H34N2O2S2. The number of carbonyl (C=O) groups is 2.